The average molecular weight is 431 g/mol. The first kappa shape index (κ1) is 22.8. The molecule has 1 aliphatic heterocycles. The third-order valence-corrected chi connectivity index (χ3v) is 5.90. The maximum atomic E-state index is 15.0. The summed E-state index contributed by atoms with van der Waals surface area (Å²) in [5.74, 6) is -0.919. The summed E-state index contributed by atoms with van der Waals surface area (Å²) in [6, 6.07) is 2.87. The number of benzene rings is 1. The topological polar surface area (TPSA) is 74.7 Å². The largest absolute Gasteiger partial charge is 0.366 e. The SMILES string of the molecule is CCC[C@@H](C)NC(=O)c1cn(CC)c2cc(N3CCN(C(C)=O)CC3)c(F)cc2c1=O. The van der Waals surface area contributed by atoms with E-state index < -0.39 is 17.2 Å². The van der Waals surface area contributed by atoms with E-state index in [-0.39, 0.29) is 22.9 Å². The van der Waals surface area contributed by atoms with E-state index in [0.29, 0.717) is 43.9 Å². The molecule has 31 heavy (non-hydrogen) atoms. The summed E-state index contributed by atoms with van der Waals surface area (Å²) in [6.45, 7) is 10.0. The minimum atomic E-state index is -0.500. The molecule has 1 aromatic carbocycles. The van der Waals surface area contributed by atoms with Gasteiger partial charge in [-0.25, -0.2) is 4.39 Å². The summed E-state index contributed by atoms with van der Waals surface area (Å²) < 4.78 is 16.9. The van der Waals surface area contributed by atoms with Crippen LogP contribution in [0.1, 0.15) is 50.9 Å². The standard InChI is InChI=1S/C23H31FN4O3/c1-5-7-15(3)25-23(31)18-14-26(6-2)20-13-21(19(24)12-17(20)22(18)30)28-10-8-27(9-11-28)16(4)29/h12-15H,5-11H2,1-4H3,(H,25,31)/t15-/m1/s1. The second-order valence-electron chi connectivity index (χ2n) is 8.13. The number of anilines is 1. The first-order chi connectivity index (χ1) is 14.8. The fourth-order valence-electron chi connectivity index (χ4n) is 4.13. The Morgan fingerprint density at radius 2 is 1.84 bits per heavy atom. The van der Waals surface area contributed by atoms with Gasteiger partial charge in [-0.05, 0) is 32.4 Å². The Hall–Kier alpha value is -2.90. The van der Waals surface area contributed by atoms with Crippen molar-refractivity contribution in [2.45, 2.75) is 53.1 Å². The number of carbonyl (C=O) groups is 2. The van der Waals surface area contributed by atoms with E-state index in [0.717, 1.165) is 12.8 Å². The molecule has 3 rings (SSSR count). The van der Waals surface area contributed by atoms with Gasteiger partial charge in [-0.1, -0.05) is 13.3 Å². The van der Waals surface area contributed by atoms with E-state index in [1.54, 1.807) is 17.2 Å². The quantitative estimate of drug-likeness (QED) is 0.765. The van der Waals surface area contributed by atoms with E-state index in [1.807, 2.05) is 30.2 Å². The second kappa shape index (κ2) is 9.49. The number of amides is 2. The fourth-order valence-corrected chi connectivity index (χ4v) is 4.13. The molecule has 2 heterocycles. The number of fused-ring (bicyclic) bond motifs is 1. The molecule has 2 amide bonds. The normalized spacial score (nSPS) is 15.3. The number of aromatic nitrogens is 1. The fraction of sp³-hybridized carbons (Fsp3) is 0.522. The van der Waals surface area contributed by atoms with Crippen LogP contribution in [0, 0.1) is 5.82 Å². The molecule has 2 aromatic rings. The van der Waals surface area contributed by atoms with Crippen molar-refractivity contribution in [2.24, 2.45) is 0 Å². The minimum Gasteiger partial charge on any atom is -0.366 e. The summed E-state index contributed by atoms with van der Waals surface area (Å²) in [7, 11) is 0. The minimum absolute atomic E-state index is 0.0116. The zero-order valence-corrected chi connectivity index (χ0v) is 18.7. The Morgan fingerprint density at radius 3 is 2.42 bits per heavy atom. The van der Waals surface area contributed by atoms with Crippen molar-refractivity contribution in [3.05, 3.63) is 39.9 Å². The molecule has 0 saturated carbocycles. The number of nitrogens with one attached hydrogen (secondary N) is 1. The molecule has 1 saturated heterocycles. The maximum absolute atomic E-state index is 15.0. The Morgan fingerprint density at radius 1 is 1.16 bits per heavy atom. The monoisotopic (exact) mass is 430 g/mol. The predicted octanol–water partition coefficient (Wildman–Crippen LogP) is 2.75. The van der Waals surface area contributed by atoms with Crippen LogP contribution in [0.2, 0.25) is 0 Å². The van der Waals surface area contributed by atoms with E-state index in [9.17, 15) is 14.4 Å². The van der Waals surface area contributed by atoms with Crippen molar-refractivity contribution in [1.29, 1.82) is 0 Å². The number of hydrogen-bond donors (Lipinski definition) is 1. The van der Waals surface area contributed by atoms with Gasteiger partial charge in [0.1, 0.15) is 11.4 Å². The molecule has 0 unspecified atom stereocenters. The van der Waals surface area contributed by atoms with Gasteiger partial charge in [0, 0.05) is 57.3 Å². The van der Waals surface area contributed by atoms with E-state index in [4.69, 9.17) is 0 Å². The van der Waals surface area contributed by atoms with Crippen molar-refractivity contribution in [2.75, 3.05) is 31.1 Å². The van der Waals surface area contributed by atoms with Crippen LogP contribution in [0.4, 0.5) is 10.1 Å². The maximum Gasteiger partial charge on any atom is 0.256 e. The molecule has 1 fully saturated rings. The molecule has 1 atom stereocenters. The van der Waals surface area contributed by atoms with Crippen molar-refractivity contribution in [1.82, 2.24) is 14.8 Å². The molecule has 0 radical (unpaired) electrons. The third kappa shape index (κ3) is 4.73. The van der Waals surface area contributed by atoms with E-state index >= 15 is 4.39 Å². The van der Waals surface area contributed by atoms with Gasteiger partial charge in [-0.2, -0.15) is 0 Å². The molecule has 0 aliphatic carbocycles. The lowest BCUT2D eigenvalue weighted by atomic mass is 10.1. The molecule has 7 nitrogen and oxygen atoms in total. The van der Waals surface area contributed by atoms with Crippen LogP contribution < -0.4 is 15.6 Å². The predicted molar refractivity (Wildman–Crippen MR) is 120 cm³/mol. The van der Waals surface area contributed by atoms with Crippen molar-refractivity contribution in [3.63, 3.8) is 0 Å². The molecule has 8 heteroatoms. The number of pyridine rings is 1. The van der Waals surface area contributed by atoms with Crippen LogP contribution in [0.3, 0.4) is 0 Å². The number of nitrogens with zero attached hydrogens (tertiary/aromatic N) is 3. The van der Waals surface area contributed by atoms with Crippen LogP contribution in [0.15, 0.2) is 23.1 Å². The second-order valence-corrected chi connectivity index (χ2v) is 8.13. The Bertz CT molecular complexity index is 1040. The molecular formula is C23H31FN4O3. The molecule has 0 spiro atoms. The smallest absolute Gasteiger partial charge is 0.256 e. The molecule has 168 valence electrons. The highest BCUT2D eigenvalue weighted by Crippen LogP contribution is 2.26. The molecule has 1 aromatic heterocycles. The highest BCUT2D eigenvalue weighted by Gasteiger charge is 2.23. The number of carbonyl (C=O) groups excluding carboxylic acids is 2. The van der Waals surface area contributed by atoms with Gasteiger partial charge in [-0.3, -0.25) is 14.4 Å². The van der Waals surface area contributed by atoms with Gasteiger partial charge in [-0.15, -0.1) is 0 Å². The molecule has 1 N–H and O–H groups in total. The molecular weight excluding hydrogens is 399 g/mol. The highest BCUT2D eigenvalue weighted by atomic mass is 19.1. The van der Waals surface area contributed by atoms with Crippen LogP contribution in [-0.4, -0.2) is 53.5 Å². The van der Waals surface area contributed by atoms with Gasteiger partial charge < -0.3 is 19.7 Å². The first-order valence-electron chi connectivity index (χ1n) is 10.9. The Labute approximate surface area is 181 Å². The number of aryl methyl sites for hydroxylation is 1. The Balaban J connectivity index is 1.99. The summed E-state index contributed by atoms with van der Waals surface area (Å²) in [6.07, 6.45) is 3.30. The van der Waals surface area contributed by atoms with Crippen molar-refractivity contribution >= 4 is 28.4 Å². The summed E-state index contributed by atoms with van der Waals surface area (Å²) in [4.78, 5) is 40.9. The van der Waals surface area contributed by atoms with Gasteiger partial charge in [0.15, 0.2) is 0 Å². The lowest BCUT2D eigenvalue weighted by Crippen LogP contribution is -2.48. The van der Waals surface area contributed by atoms with Crippen LogP contribution >= 0.6 is 0 Å². The zero-order chi connectivity index (χ0) is 22.7. The number of piperazine rings is 1. The van der Waals surface area contributed by atoms with E-state index in [2.05, 4.69) is 5.32 Å². The number of halogens is 1. The van der Waals surface area contributed by atoms with E-state index in [1.165, 1.54) is 13.0 Å². The first-order valence-corrected chi connectivity index (χ1v) is 10.9. The van der Waals surface area contributed by atoms with Crippen molar-refractivity contribution in [3.8, 4) is 0 Å². The summed E-state index contributed by atoms with van der Waals surface area (Å²) in [5.41, 5.74) is 0.564. The Kier molecular flexibility index (Phi) is 6.97. The van der Waals surface area contributed by atoms with Gasteiger partial charge in [0.2, 0.25) is 11.3 Å². The van der Waals surface area contributed by atoms with Gasteiger partial charge >= 0.3 is 0 Å². The zero-order valence-electron chi connectivity index (χ0n) is 18.7. The highest BCUT2D eigenvalue weighted by molar-refractivity contribution is 5.98. The number of hydrogen-bond acceptors (Lipinski definition) is 4. The third-order valence-electron chi connectivity index (χ3n) is 5.90. The lowest BCUT2D eigenvalue weighted by molar-refractivity contribution is -0.129. The van der Waals surface area contributed by atoms with Gasteiger partial charge in [0.25, 0.3) is 5.91 Å². The lowest BCUT2D eigenvalue weighted by Gasteiger charge is -2.36. The summed E-state index contributed by atoms with van der Waals surface area (Å²) >= 11 is 0. The van der Waals surface area contributed by atoms with Gasteiger partial charge in [0.05, 0.1) is 11.2 Å². The molecule has 0 bridgehead atoms. The average Bonchev–Trinajstić information content (AvgIpc) is 2.74. The van der Waals surface area contributed by atoms with Crippen LogP contribution in [0.25, 0.3) is 10.9 Å². The van der Waals surface area contributed by atoms with Crippen LogP contribution in [-0.2, 0) is 11.3 Å². The summed E-state index contributed by atoms with van der Waals surface area (Å²) in [5, 5.41) is 3.05. The molecule has 1 aliphatic rings. The van der Waals surface area contributed by atoms with Crippen molar-refractivity contribution < 1.29 is 14.0 Å². The van der Waals surface area contributed by atoms with Crippen LogP contribution in [0.5, 0.6) is 0 Å². The number of rotatable bonds is 6.